The molecule has 3 heteroatoms. The van der Waals surface area contributed by atoms with Gasteiger partial charge in [0, 0.05) is 0 Å². The molecule has 0 unspecified atom stereocenters. The summed E-state index contributed by atoms with van der Waals surface area (Å²) in [5.41, 5.74) is 3.59. The minimum Gasteiger partial charge on any atom is -1.00 e. The summed E-state index contributed by atoms with van der Waals surface area (Å²) in [7, 11) is 0. The Kier molecular flexibility index (Phi) is 15.6. The van der Waals surface area contributed by atoms with Gasteiger partial charge in [0.05, 0.1) is 0 Å². The number of halogens is 2. The van der Waals surface area contributed by atoms with Crippen LogP contribution in [0.2, 0.25) is 0 Å². The maximum Gasteiger partial charge on any atom is 4.00 e. The molecule has 0 saturated heterocycles. The predicted octanol–water partition coefficient (Wildman–Crippen LogP) is 0.230. The van der Waals surface area contributed by atoms with Crippen LogP contribution in [0.1, 0.15) is 67.2 Å². The molecule has 0 fully saturated rings. The van der Waals surface area contributed by atoms with Crippen LogP contribution in [-0.2, 0) is 26.2 Å². The largest absolute Gasteiger partial charge is 4.00 e. The number of hydrogen-bond acceptors (Lipinski definition) is 0. The summed E-state index contributed by atoms with van der Waals surface area (Å²) < 4.78 is 0. The van der Waals surface area contributed by atoms with Crippen molar-refractivity contribution in [1.82, 2.24) is 0 Å². The third kappa shape index (κ3) is 15.7. The van der Waals surface area contributed by atoms with Gasteiger partial charge in [0.25, 0.3) is 0 Å². The first-order valence-electron chi connectivity index (χ1n) is 7.68. The average Bonchev–Trinajstić information content (AvgIpc) is 2.87. The molecule has 0 aromatic heterocycles. The zero-order chi connectivity index (χ0) is 15.2. The summed E-state index contributed by atoms with van der Waals surface area (Å²) in [6.45, 7) is 13.5. The van der Waals surface area contributed by atoms with Crippen molar-refractivity contribution in [1.29, 1.82) is 0 Å². The van der Waals surface area contributed by atoms with Gasteiger partial charge in [-0.05, 0) is 10.8 Å². The molecule has 0 saturated carbocycles. The molecular formula is C20H30Cl2Zr. The average molecular weight is 433 g/mol. The van der Waals surface area contributed by atoms with E-state index in [0.29, 0.717) is 10.8 Å². The van der Waals surface area contributed by atoms with Gasteiger partial charge >= 0.3 is 26.2 Å². The molecule has 2 rings (SSSR count). The first-order valence-corrected chi connectivity index (χ1v) is 7.68. The van der Waals surface area contributed by atoms with Crippen LogP contribution in [-0.4, -0.2) is 0 Å². The van der Waals surface area contributed by atoms with Gasteiger partial charge in [0.1, 0.15) is 0 Å². The van der Waals surface area contributed by atoms with Gasteiger partial charge in [0.2, 0.25) is 0 Å². The van der Waals surface area contributed by atoms with Crippen LogP contribution >= 0.6 is 0 Å². The summed E-state index contributed by atoms with van der Waals surface area (Å²) >= 11 is 0. The topological polar surface area (TPSA) is 0 Å². The van der Waals surface area contributed by atoms with Crippen molar-refractivity contribution in [3.63, 3.8) is 0 Å². The summed E-state index contributed by atoms with van der Waals surface area (Å²) in [5, 5.41) is 0. The van der Waals surface area contributed by atoms with Gasteiger partial charge in [-0.1, -0.05) is 54.4 Å². The summed E-state index contributed by atoms with van der Waals surface area (Å²) in [5.74, 6) is 0. The van der Waals surface area contributed by atoms with Crippen molar-refractivity contribution < 1.29 is 51.0 Å². The molecule has 23 heavy (non-hydrogen) atoms. The van der Waals surface area contributed by atoms with E-state index in [0.717, 1.165) is 25.7 Å². The van der Waals surface area contributed by atoms with E-state index in [2.05, 4.69) is 78.0 Å². The third-order valence-electron chi connectivity index (χ3n) is 2.97. The minimum absolute atomic E-state index is 0. The SMILES string of the molecule is CC(C)(C)CC1=[C-]CC=C1.CC(C)(C)CC1=[C-]CC=C1.[Cl-].[Cl-].[Zr+4]. The molecule has 0 aliphatic heterocycles. The third-order valence-corrected chi connectivity index (χ3v) is 2.97. The van der Waals surface area contributed by atoms with Crippen molar-refractivity contribution in [3.05, 3.63) is 47.6 Å². The smallest absolute Gasteiger partial charge is 1.00 e. The fourth-order valence-electron chi connectivity index (χ4n) is 2.29. The van der Waals surface area contributed by atoms with Crippen LogP contribution in [0.4, 0.5) is 0 Å². The van der Waals surface area contributed by atoms with Gasteiger partial charge in [0.15, 0.2) is 0 Å². The molecule has 2 aliphatic rings. The Bertz CT molecular complexity index is 388. The molecule has 0 heterocycles. The maximum absolute atomic E-state index is 3.32. The predicted molar refractivity (Wildman–Crippen MR) is 89.2 cm³/mol. The minimum atomic E-state index is 0. The molecule has 0 radical (unpaired) electrons. The van der Waals surface area contributed by atoms with Crippen LogP contribution in [0.3, 0.4) is 0 Å². The molecule has 0 nitrogen and oxygen atoms in total. The van der Waals surface area contributed by atoms with E-state index < -0.39 is 0 Å². The first kappa shape index (κ1) is 28.2. The second-order valence-electron chi connectivity index (χ2n) is 8.09. The standard InChI is InChI=1S/2C10H15.2ClH.Zr/c2*1-10(2,3)8-9-6-4-5-7-9;;;/h2*4,6H,5,8H2,1-3H3;2*1H;/q2*-1;;;+4/p-2. The molecule has 0 amide bonds. The molecule has 0 aromatic rings. The molecule has 0 bridgehead atoms. The van der Waals surface area contributed by atoms with E-state index in [4.69, 9.17) is 0 Å². The molecule has 0 aromatic carbocycles. The number of allylic oxidation sites excluding steroid dienone is 8. The van der Waals surface area contributed by atoms with Crippen LogP contribution in [0.5, 0.6) is 0 Å². The van der Waals surface area contributed by atoms with E-state index in [-0.39, 0.29) is 51.0 Å². The number of hydrogen-bond donors (Lipinski definition) is 0. The summed E-state index contributed by atoms with van der Waals surface area (Å²) in [4.78, 5) is 0. The van der Waals surface area contributed by atoms with Gasteiger partial charge in [-0.3, -0.25) is 12.2 Å². The van der Waals surface area contributed by atoms with Crippen molar-refractivity contribution in [3.8, 4) is 0 Å². The van der Waals surface area contributed by atoms with Crippen LogP contribution in [0, 0.1) is 23.0 Å². The van der Waals surface area contributed by atoms with Gasteiger partial charge < -0.3 is 24.8 Å². The van der Waals surface area contributed by atoms with Gasteiger partial charge in [-0.15, -0.1) is 12.8 Å². The second-order valence-corrected chi connectivity index (χ2v) is 8.09. The zero-order valence-corrected chi connectivity index (χ0v) is 19.4. The summed E-state index contributed by atoms with van der Waals surface area (Å²) in [6.07, 6.45) is 19.7. The Labute approximate surface area is 175 Å². The van der Waals surface area contributed by atoms with Gasteiger partial charge in [-0.2, -0.15) is 12.2 Å². The quantitative estimate of drug-likeness (QED) is 0.548. The Morgan fingerprint density at radius 1 is 0.739 bits per heavy atom. The van der Waals surface area contributed by atoms with Crippen LogP contribution in [0.15, 0.2) is 35.5 Å². The monoisotopic (exact) mass is 430 g/mol. The van der Waals surface area contributed by atoms with E-state index in [1.54, 1.807) is 0 Å². The molecule has 2 aliphatic carbocycles. The fraction of sp³-hybridized carbons (Fsp3) is 0.600. The van der Waals surface area contributed by atoms with Crippen molar-refractivity contribution in [2.24, 2.45) is 10.8 Å². The molecular weight excluding hydrogens is 402 g/mol. The summed E-state index contributed by atoms with van der Waals surface area (Å²) in [6, 6.07) is 0. The normalized spacial score (nSPS) is 15.4. The Balaban J connectivity index is -0.000000308. The Hall–Kier alpha value is 0.423. The maximum atomic E-state index is 3.32. The van der Waals surface area contributed by atoms with Crippen molar-refractivity contribution in [2.75, 3.05) is 0 Å². The van der Waals surface area contributed by atoms with E-state index >= 15 is 0 Å². The molecule has 0 spiro atoms. The van der Waals surface area contributed by atoms with E-state index in [1.807, 2.05) is 0 Å². The van der Waals surface area contributed by atoms with E-state index in [1.165, 1.54) is 11.1 Å². The Morgan fingerprint density at radius 2 is 1.04 bits per heavy atom. The fourth-order valence-corrected chi connectivity index (χ4v) is 2.29. The zero-order valence-electron chi connectivity index (χ0n) is 15.4. The molecule has 0 N–H and O–H groups in total. The van der Waals surface area contributed by atoms with E-state index in [9.17, 15) is 0 Å². The van der Waals surface area contributed by atoms with Crippen molar-refractivity contribution in [2.45, 2.75) is 67.2 Å². The Morgan fingerprint density at radius 3 is 1.22 bits per heavy atom. The van der Waals surface area contributed by atoms with Crippen LogP contribution in [0.25, 0.3) is 0 Å². The number of rotatable bonds is 2. The van der Waals surface area contributed by atoms with Gasteiger partial charge in [-0.25, -0.2) is 23.3 Å². The first-order chi connectivity index (χ1) is 9.16. The van der Waals surface area contributed by atoms with Crippen molar-refractivity contribution >= 4 is 0 Å². The van der Waals surface area contributed by atoms with Crippen LogP contribution < -0.4 is 24.8 Å². The molecule has 0 atom stereocenters. The molecule has 128 valence electrons. The second kappa shape index (κ2) is 12.7.